The first-order valence-corrected chi connectivity index (χ1v) is 20.4. The van der Waals surface area contributed by atoms with Gasteiger partial charge in [-0.25, -0.2) is 34.3 Å². The monoisotopic (exact) mass is 852 g/mol. The first-order valence-electron chi connectivity index (χ1n) is 20.4. The van der Waals surface area contributed by atoms with E-state index in [0.29, 0.717) is 76.8 Å². The lowest BCUT2D eigenvalue weighted by Crippen LogP contribution is -2.42. The van der Waals surface area contributed by atoms with E-state index in [4.69, 9.17) is 4.74 Å². The van der Waals surface area contributed by atoms with Crippen LogP contribution in [-0.4, -0.2) is 121 Å². The molecule has 1 aliphatic heterocycles. The van der Waals surface area contributed by atoms with E-state index >= 15 is 0 Å². The maximum atomic E-state index is 14.6. The summed E-state index contributed by atoms with van der Waals surface area (Å²) in [5, 5.41) is 44.7. The van der Waals surface area contributed by atoms with Crippen LogP contribution in [0.4, 0.5) is 15.8 Å². The SMILES string of the molecule is CC(C)(O)CCNC(=O)c1cnc(-n2ccc3cncnc32)cc1NC1CCOC(c2cc3cncnc3n2-c2cc(NCC(C)(C)O)c(C(=O)NC[C@@H](F)C(C)(C)O)cn2)C1. The van der Waals surface area contributed by atoms with Crippen LogP contribution in [0.3, 0.4) is 0 Å². The summed E-state index contributed by atoms with van der Waals surface area (Å²) in [5.41, 5.74) is -0.598. The zero-order valence-electron chi connectivity index (χ0n) is 35.6. The standard InChI is InChI=1S/C43H53FN12O6/c1-41(2,59)9-10-47-39(57)29-20-48-35(55-11-7-25-17-45-23-52-37(25)55)16-31(29)54-27-8-12-62-33(14-27)32-13-26-18-46-24-53-38(26)56(32)36-15-30(51-22-42(3,4)60)28(19-49-36)40(58)50-21-34(44)43(5,6)61/h7,11,13,15-20,23-24,27,33-34,59-61H,8-10,12,14,21-22H2,1-6H3,(H,47,57)(H,48,54)(H,49,51)(H,50,58)/t27?,33?,34-/m1/s1. The van der Waals surface area contributed by atoms with E-state index < -0.39 is 41.5 Å². The molecule has 62 heavy (non-hydrogen) atoms. The summed E-state index contributed by atoms with van der Waals surface area (Å²) >= 11 is 0. The lowest BCUT2D eigenvalue weighted by molar-refractivity contribution is -0.00179. The minimum absolute atomic E-state index is 0.0666. The quantitative estimate of drug-likeness (QED) is 0.0723. The van der Waals surface area contributed by atoms with Gasteiger partial charge in [0.25, 0.3) is 11.8 Å². The van der Waals surface area contributed by atoms with Crippen molar-refractivity contribution in [2.24, 2.45) is 0 Å². The van der Waals surface area contributed by atoms with Gasteiger partial charge in [0.1, 0.15) is 41.8 Å². The Kier molecular flexibility index (Phi) is 12.5. The van der Waals surface area contributed by atoms with Crippen molar-refractivity contribution in [2.75, 3.05) is 36.9 Å². The molecule has 19 heteroatoms. The van der Waals surface area contributed by atoms with Crippen molar-refractivity contribution in [3.8, 4) is 11.6 Å². The number of aromatic nitrogens is 8. The molecule has 1 saturated heterocycles. The second-order valence-corrected chi connectivity index (χ2v) is 17.4. The third-order valence-electron chi connectivity index (χ3n) is 10.5. The third kappa shape index (κ3) is 10.3. The number of carbonyl (C=O) groups excluding carboxylic acids is 2. The Labute approximate surface area is 357 Å². The zero-order valence-corrected chi connectivity index (χ0v) is 35.6. The molecule has 7 rings (SSSR count). The maximum Gasteiger partial charge on any atom is 0.255 e. The molecule has 7 N–H and O–H groups in total. The number of nitrogens with zero attached hydrogens (tertiary/aromatic N) is 8. The number of fused-ring (bicyclic) bond motifs is 2. The van der Waals surface area contributed by atoms with E-state index in [1.165, 1.54) is 38.9 Å². The number of hydrogen-bond donors (Lipinski definition) is 7. The molecule has 1 fully saturated rings. The van der Waals surface area contributed by atoms with Gasteiger partial charge < -0.3 is 41.3 Å². The molecular formula is C43H53FN12O6. The van der Waals surface area contributed by atoms with Gasteiger partial charge in [0.15, 0.2) is 0 Å². The van der Waals surface area contributed by atoms with E-state index in [9.17, 15) is 29.3 Å². The van der Waals surface area contributed by atoms with Gasteiger partial charge in [-0.2, -0.15) is 0 Å². The van der Waals surface area contributed by atoms with Crippen LogP contribution in [0, 0.1) is 0 Å². The van der Waals surface area contributed by atoms with Gasteiger partial charge in [-0.05, 0) is 72.9 Å². The normalized spacial score (nSPS) is 16.6. The molecule has 1 aliphatic rings. The van der Waals surface area contributed by atoms with Crippen molar-refractivity contribution < 1.29 is 34.0 Å². The molecule has 0 bridgehead atoms. The Morgan fingerprint density at radius 2 is 1.50 bits per heavy atom. The topological polar surface area (TPSA) is 239 Å². The van der Waals surface area contributed by atoms with E-state index in [1.54, 1.807) is 46.2 Å². The lowest BCUT2D eigenvalue weighted by atomic mass is 10.00. The maximum absolute atomic E-state index is 14.6. The van der Waals surface area contributed by atoms with Gasteiger partial charge in [0, 0.05) is 79.6 Å². The number of rotatable bonds is 16. The highest BCUT2D eigenvalue weighted by Gasteiger charge is 2.31. The number of ether oxygens (including phenoxy) is 1. The molecule has 7 heterocycles. The lowest BCUT2D eigenvalue weighted by Gasteiger charge is -2.32. The van der Waals surface area contributed by atoms with E-state index in [1.807, 2.05) is 33.5 Å². The van der Waals surface area contributed by atoms with Crippen molar-refractivity contribution in [1.29, 1.82) is 0 Å². The number of aliphatic hydroxyl groups is 3. The van der Waals surface area contributed by atoms with E-state index in [-0.39, 0.29) is 30.6 Å². The van der Waals surface area contributed by atoms with Crippen LogP contribution in [0.15, 0.2) is 67.9 Å². The Morgan fingerprint density at radius 1 is 0.839 bits per heavy atom. The highest BCUT2D eigenvalue weighted by atomic mass is 19.1. The summed E-state index contributed by atoms with van der Waals surface area (Å²) in [6, 6.07) is 7.09. The number of carbonyl (C=O) groups is 2. The Morgan fingerprint density at radius 3 is 2.21 bits per heavy atom. The zero-order chi connectivity index (χ0) is 44.4. The van der Waals surface area contributed by atoms with Crippen LogP contribution in [0.5, 0.6) is 0 Å². The number of halogens is 1. The van der Waals surface area contributed by atoms with Crippen LogP contribution in [-0.2, 0) is 4.74 Å². The van der Waals surface area contributed by atoms with Gasteiger partial charge in [-0.3, -0.25) is 18.7 Å². The average Bonchev–Trinajstić information content (AvgIpc) is 3.83. The predicted molar refractivity (Wildman–Crippen MR) is 230 cm³/mol. The number of pyridine rings is 2. The summed E-state index contributed by atoms with van der Waals surface area (Å²) < 4.78 is 24.7. The molecule has 0 aromatic carbocycles. The van der Waals surface area contributed by atoms with Gasteiger partial charge in [-0.15, -0.1) is 0 Å². The fourth-order valence-electron chi connectivity index (χ4n) is 7.05. The molecule has 2 unspecified atom stereocenters. The van der Waals surface area contributed by atoms with Crippen molar-refractivity contribution in [1.82, 2.24) is 49.7 Å². The summed E-state index contributed by atoms with van der Waals surface area (Å²) in [6.45, 7) is 9.51. The molecule has 0 spiro atoms. The summed E-state index contributed by atoms with van der Waals surface area (Å²) in [5.74, 6) is -0.0535. The van der Waals surface area contributed by atoms with Crippen LogP contribution in [0.1, 0.15) is 93.3 Å². The van der Waals surface area contributed by atoms with Gasteiger partial charge >= 0.3 is 0 Å². The molecule has 2 amide bonds. The van der Waals surface area contributed by atoms with E-state index in [2.05, 4.69) is 51.2 Å². The molecule has 328 valence electrons. The largest absolute Gasteiger partial charge is 0.390 e. The van der Waals surface area contributed by atoms with Crippen LogP contribution in [0.25, 0.3) is 33.7 Å². The fraction of sp³-hybridized carbons (Fsp3) is 0.442. The highest BCUT2D eigenvalue weighted by Crippen LogP contribution is 2.36. The molecule has 3 atom stereocenters. The van der Waals surface area contributed by atoms with Crippen molar-refractivity contribution in [3.05, 3.63) is 84.7 Å². The van der Waals surface area contributed by atoms with Crippen molar-refractivity contribution >= 4 is 45.3 Å². The van der Waals surface area contributed by atoms with Crippen molar-refractivity contribution in [3.63, 3.8) is 0 Å². The smallest absolute Gasteiger partial charge is 0.255 e. The number of anilines is 2. The molecule has 0 saturated carbocycles. The predicted octanol–water partition coefficient (Wildman–Crippen LogP) is 4.19. The second kappa shape index (κ2) is 17.7. The molecule has 6 aromatic rings. The number of nitrogens with one attached hydrogen (secondary N) is 4. The third-order valence-corrected chi connectivity index (χ3v) is 10.5. The molecule has 0 radical (unpaired) electrons. The molecule has 6 aromatic heterocycles. The minimum atomic E-state index is -1.72. The van der Waals surface area contributed by atoms with Crippen LogP contribution in [0.2, 0.25) is 0 Å². The van der Waals surface area contributed by atoms with Gasteiger partial charge in [-0.1, -0.05) is 0 Å². The number of amides is 2. The number of alkyl halides is 1. The summed E-state index contributed by atoms with van der Waals surface area (Å²) in [7, 11) is 0. The second-order valence-electron chi connectivity index (χ2n) is 17.4. The molecule has 18 nitrogen and oxygen atoms in total. The summed E-state index contributed by atoms with van der Waals surface area (Å²) in [6.07, 6.45) is 10.2. The minimum Gasteiger partial charge on any atom is -0.390 e. The Bertz CT molecular complexity index is 2560. The molecule has 0 aliphatic carbocycles. The van der Waals surface area contributed by atoms with Crippen LogP contribution < -0.4 is 21.3 Å². The molecular weight excluding hydrogens is 800 g/mol. The Balaban J connectivity index is 1.21. The number of hydrogen-bond acceptors (Lipinski definition) is 14. The Hall–Kier alpha value is -6.15. The average molecular weight is 853 g/mol. The van der Waals surface area contributed by atoms with Gasteiger partial charge in [0.05, 0.1) is 57.6 Å². The first-order chi connectivity index (χ1) is 29.3. The fourth-order valence-corrected chi connectivity index (χ4v) is 7.05. The highest BCUT2D eigenvalue weighted by molar-refractivity contribution is 6.00. The summed E-state index contributed by atoms with van der Waals surface area (Å²) in [4.78, 5) is 53.8. The van der Waals surface area contributed by atoms with Gasteiger partial charge in [0.2, 0.25) is 0 Å². The first kappa shape index (κ1) is 43.9. The van der Waals surface area contributed by atoms with Crippen LogP contribution >= 0.6 is 0 Å². The van der Waals surface area contributed by atoms with E-state index in [0.717, 1.165) is 5.39 Å². The van der Waals surface area contributed by atoms with Crippen molar-refractivity contribution in [2.45, 2.75) is 95.9 Å².